The zero-order valence-corrected chi connectivity index (χ0v) is 15.3. The van der Waals surface area contributed by atoms with E-state index in [1.807, 2.05) is 0 Å². The molecular weight excluding hydrogens is 314 g/mol. The van der Waals surface area contributed by atoms with Crippen molar-refractivity contribution in [2.45, 2.75) is 63.5 Å². The second kappa shape index (κ2) is 6.63. The summed E-state index contributed by atoms with van der Waals surface area (Å²) in [6.45, 7) is 7.95. The summed E-state index contributed by atoms with van der Waals surface area (Å²) in [6, 6.07) is 0. The van der Waals surface area contributed by atoms with E-state index in [9.17, 15) is 0 Å². The number of fused-ring (bicyclic) bond motifs is 1. The molecule has 3 saturated heterocycles. The summed E-state index contributed by atoms with van der Waals surface area (Å²) in [6.07, 6.45) is 9.11. The molecule has 0 aliphatic carbocycles. The first-order valence-corrected chi connectivity index (χ1v) is 10.3. The Morgan fingerprint density at radius 1 is 1.12 bits per heavy atom. The molecule has 138 valence electrons. The maximum absolute atomic E-state index is 6.21. The van der Waals surface area contributed by atoms with Gasteiger partial charge in [0.25, 0.3) is 0 Å². The third kappa shape index (κ3) is 3.13. The largest absolute Gasteiger partial charge is 0.376 e. The van der Waals surface area contributed by atoms with Crippen molar-refractivity contribution in [2.24, 2.45) is 5.41 Å². The summed E-state index contributed by atoms with van der Waals surface area (Å²) in [5.41, 5.74) is 0.482. The molecule has 3 fully saturated rings. The fourth-order valence-corrected chi connectivity index (χ4v) is 5.46. The van der Waals surface area contributed by atoms with Gasteiger partial charge in [-0.1, -0.05) is 0 Å². The van der Waals surface area contributed by atoms with Gasteiger partial charge in [0.1, 0.15) is 11.6 Å². The minimum atomic E-state index is 0.451. The van der Waals surface area contributed by atoms with Crippen molar-refractivity contribution in [3.8, 4) is 0 Å². The van der Waals surface area contributed by atoms with Crippen LogP contribution < -0.4 is 5.32 Å². The van der Waals surface area contributed by atoms with Gasteiger partial charge in [-0.2, -0.15) is 0 Å². The Kier molecular flexibility index (Phi) is 4.30. The smallest absolute Gasteiger partial charge is 0.136 e. The van der Waals surface area contributed by atoms with Gasteiger partial charge >= 0.3 is 0 Å². The molecule has 25 heavy (non-hydrogen) atoms. The number of piperidine rings is 2. The van der Waals surface area contributed by atoms with Gasteiger partial charge in [-0.3, -0.25) is 0 Å². The highest BCUT2D eigenvalue weighted by Gasteiger charge is 2.41. The van der Waals surface area contributed by atoms with E-state index in [4.69, 9.17) is 4.74 Å². The van der Waals surface area contributed by atoms with Crippen molar-refractivity contribution in [1.29, 1.82) is 0 Å². The van der Waals surface area contributed by atoms with E-state index in [0.717, 1.165) is 26.1 Å². The van der Waals surface area contributed by atoms with Crippen molar-refractivity contribution in [1.82, 2.24) is 25.0 Å². The lowest BCUT2D eigenvalue weighted by Gasteiger charge is -2.34. The van der Waals surface area contributed by atoms with E-state index in [-0.39, 0.29) is 0 Å². The molecule has 0 radical (unpaired) electrons. The van der Waals surface area contributed by atoms with Crippen LogP contribution in [0, 0.1) is 5.41 Å². The first-order valence-electron chi connectivity index (χ1n) is 10.3. The van der Waals surface area contributed by atoms with E-state index in [2.05, 4.69) is 25.0 Å². The standard InChI is InChI=1S/C19H31N5O/c1-2-17-21-22-18(24(17)9-1)15-3-10-23(11-4-15)13-16-12-19(14-25-16)5-7-20-8-6-19/h15-16,20H,1-14H2. The quantitative estimate of drug-likeness (QED) is 0.901. The zero-order chi connectivity index (χ0) is 16.7. The molecule has 4 aliphatic rings. The third-order valence-corrected chi connectivity index (χ3v) is 7.00. The summed E-state index contributed by atoms with van der Waals surface area (Å²) in [7, 11) is 0. The van der Waals surface area contributed by atoms with Gasteiger partial charge < -0.3 is 19.5 Å². The molecule has 1 unspecified atom stereocenters. The molecule has 0 amide bonds. The monoisotopic (exact) mass is 345 g/mol. The number of likely N-dealkylation sites (tertiary alicyclic amines) is 1. The Hall–Kier alpha value is -0.980. The average molecular weight is 345 g/mol. The zero-order valence-electron chi connectivity index (χ0n) is 15.3. The van der Waals surface area contributed by atoms with Crippen LogP contribution in [0.5, 0.6) is 0 Å². The van der Waals surface area contributed by atoms with Crippen LogP contribution in [0.1, 0.15) is 56.1 Å². The van der Waals surface area contributed by atoms with Gasteiger partial charge in [-0.25, -0.2) is 0 Å². The fourth-order valence-electron chi connectivity index (χ4n) is 5.46. The molecule has 1 aromatic heterocycles. The fraction of sp³-hybridized carbons (Fsp3) is 0.895. The lowest BCUT2D eigenvalue weighted by Crippen LogP contribution is -2.40. The van der Waals surface area contributed by atoms with E-state index in [1.165, 1.54) is 76.4 Å². The van der Waals surface area contributed by atoms with Crippen molar-refractivity contribution in [3.63, 3.8) is 0 Å². The second-order valence-corrected chi connectivity index (χ2v) is 8.69. The predicted molar refractivity (Wildman–Crippen MR) is 95.7 cm³/mol. The van der Waals surface area contributed by atoms with Crippen LogP contribution in [0.4, 0.5) is 0 Å². The molecule has 5 rings (SSSR count). The Morgan fingerprint density at radius 2 is 1.96 bits per heavy atom. The van der Waals surface area contributed by atoms with Crippen molar-refractivity contribution in [3.05, 3.63) is 11.6 Å². The SMILES string of the molecule is C1Cc2nnc(C3CCN(CC4CC5(CCNCC5)CO4)CC3)n2C1. The molecule has 5 heterocycles. The van der Waals surface area contributed by atoms with E-state index >= 15 is 0 Å². The Balaban J connectivity index is 1.13. The van der Waals surface area contributed by atoms with Gasteiger partial charge in [0, 0.05) is 25.4 Å². The minimum absolute atomic E-state index is 0.451. The van der Waals surface area contributed by atoms with Crippen molar-refractivity contribution in [2.75, 3.05) is 39.3 Å². The highest BCUT2D eigenvalue weighted by Crippen LogP contribution is 2.41. The minimum Gasteiger partial charge on any atom is -0.376 e. The molecule has 4 aliphatic heterocycles. The number of hydrogen-bond donors (Lipinski definition) is 1. The molecule has 0 bridgehead atoms. The van der Waals surface area contributed by atoms with Gasteiger partial charge in [0.2, 0.25) is 0 Å². The van der Waals surface area contributed by atoms with Crippen LogP contribution in [-0.4, -0.2) is 65.1 Å². The molecule has 6 heteroatoms. The first kappa shape index (κ1) is 16.2. The summed E-state index contributed by atoms with van der Waals surface area (Å²) < 4.78 is 8.60. The van der Waals surface area contributed by atoms with Crippen LogP contribution in [0.2, 0.25) is 0 Å². The van der Waals surface area contributed by atoms with Crippen LogP contribution in [0.15, 0.2) is 0 Å². The lowest BCUT2D eigenvalue weighted by molar-refractivity contribution is 0.0545. The normalized spacial score (nSPS) is 30.2. The van der Waals surface area contributed by atoms with Gasteiger partial charge in [-0.05, 0) is 70.1 Å². The molecule has 1 aromatic rings. The van der Waals surface area contributed by atoms with Crippen LogP contribution in [-0.2, 0) is 17.7 Å². The van der Waals surface area contributed by atoms with Gasteiger partial charge in [0.05, 0.1) is 12.7 Å². The number of ether oxygens (including phenoxy) is 1. The summed E-state index contributed by atoms with van der Waals surface area (Å²) in [5.74, 6) is 3.08. The Morgan fingerprint density at radius 3 is 2.80 bits per heavy atom. The molecule has 0 saturated carbocycles. The summed E-state index contributed by atoms with van der Waals surface area (Å²) in [5, 5.41) is 12.4. The predicted octanol–water partition coefficient (Wildman–Crippen LogP) is 1.56. The summed E-state index contributed by atoms with van der Waals surface area (Å²) >= 11 is 0. The molecule has 1 spiro atoms. The number of rotatable bonds is 3. The highest BCUT2D eigenvalue weighted by molar-refractivity contribution is 5.07. The van der Waals surface area contributed by atoms with Crippen molar-refractivity contribution < 1.29 is 4.74 Å². The average Bonchev–Trinajstić information content (AvgIpc) is 3.33. The number of hydrogen-bond acceptors (Lipinski definition) is 5. The van der Waals surface area contributed by atoms with Crippen LogP contribution in [0.25, 0.3) is 0 Å². The number of aromatic nitrogens is 3. The van der Waals surface area contributed by atoms with Crippen molar-refractivity contribution >= 4 is 0 Å². The maximum atomic E-state index is 6.21. The molecule has 1 atom stereocenters. The molecule has 0 aromatic carbocycles. The molecule has 1 N–H and O–H groups in total. The number of nitrogens with one attached hydrogen (secondary N) is 1. The van der Waals surface area contributed by atoms with E-state index in [1.54, 1.807) is 0 Å². The highest BCUT2D eigenvalue weighted by atomic mass is 16.5. The topological polar surface area (TPSA) is 55.2 Å². The second-order valence-electron chi connectivity index (χ2n) is 8.69. The third-order valence-electron chi connectivity index (χ3n) is 7.00. The van der Waals surface area contributed by atoms with Gasteiger partial charge in [0.15, 0.2) is 0 Å². The molecular formula is C19H31N5O. The molecule has 6 nitrogen and oxygen atoms in total. The van der Waals surface area contributed by atoms with E-state index in [0.29, 0.717) is 17.4 Å². The number of aryl methyl sites for hydroxylation is 1. The maximum Gasteiger partial charge on any atom is 0.136 e. The number of nitrogens with zero attached hydrogens (tertiary/aromatic N) is 4. The summed E-state index contributed by atoms with van der Waals surface area (Å²) in [4.78, 5) is 2.63. The van der Waals surface area contributed by atoms with Crippen LogP contribution in [0.3, 0.4) is 0 Å². The first-order chi connectivity index (χ1) is 12.3. The van der Waals surface area contributed by atoms with Gasteiger partial charge in [-0.15, -0.1) is 10.2 Å². The van der Waals surface area contributed by atoms with E-state index < -0.39 is 0 Å². The Bertz CT molecular complexity index is 601. The lowest BCUT2D eigenvalue weighted by atomic mass is 9.77. The van der Waals surface area contributed by atoms with Crippen LogP contribution >= 0.6 is 0 Å². The Labute approximate surface area is 150 Å².